The van der Waals surface area contributed by atoms with Gasteiger partial charge in [-0.25, -0.2) is 0 Å². The van der Waals surface area contributed by atoms with E-state index in [1.807, 2.05) is 13.8 Å². The van der Waals surface area contributed by atoms with Crippen LogP contribution < -0.4 is 15.8 Å². The van der Waals surface area contributed by atoms with Crippen LogP contribution in [0, 0.1) is 0 Å². The zero-order chi connectivity index (χ0) is 14.3. The number of carbonyl (C=O) groups is 1. The average molecular weight is 266 g/mol. The van der Waals surface area contributed by atoms with Crippen LogP contribution in [0.5, 0.6) is 5.75 Å². The van der Waals surface area contributed by atoms with Gasteiger partial charge in [0, 0.05) is 12.6 Å². The highest BCUT2D eigenvalue weighted by atomic mass is 16.5. The monoisotopic (exact) mass is 266 g/mol. The van der Waals surface area contributed by atoms with Crippen molar-refractivity contribution in [3.05, 3.63) is 23.8 Å². The Labute approximate surface area is 113 Å². The maximum Gasteiger partial charge on any atom is 0.255 e. The number of amides is 1. The van der Waals surface area contributed by atoms with Gasteiger partial charge in [0.15, 0.2) is 5.75 Å². The summed E-state index contributed by atoms with van der Waals surface area (Å²) in [4.78, 5) is 12.2. The van der Waals surface area contributed by atoms with E-state index in [1.165, 1.54) is 0 Å². The molecule has 1 atom stereocenters. The van der Waals surface area contributed by atoms with Gasteiger partial charge in [-0.15, -0.1) is 0 Å². The maximum atomic E-state index is 12.2. The largest absolute Gasteiger partial charge is 0.491 e. The fourth-order valence-corrected chi connectivity index (χ4v) is 1.81. The van der Waals surface area contributed by atoms with Crippen molar-refractivity contribution in [1.82, 2.24) is 5.32 Å². The molecule has 0 saturated carbocycles. The first-order chi connectivity index (χ1) is 9.10. The highest BCUT2D eigenvalue weighted by Crippen LogP contribution is 2.26. The fraction of sp³-hybridized carbons (Fsp3) is 0.500. The Balaban J connectivity index is 2.78. The summed E-state index contributed by atoms with van der Waals surface area (Å²) in [6.07, 6.45) is 1.39. The summed E-state index contributed by atoms with van der Waals surface area (Å²) in [5, 5.41) is 11.6. The number of carbonyl (C=O) groups excluding carboxylic acids is 1. The van der Waals surface area contributed by atoms with Gasteiger partial charge in [-0.05, 0) is 38.8 Å². The van der Waals surface area contributed by atoms with Crippen molar-refractivity contribution in [2.24, 2.45) is 0 Å². The number of anilines is 1. The Morgan fingerprint density at radius 2 is 2.26 bits per heavy atom. The zero-order valence-electron chi connectivity index (χ0n) is 11.5. The molecule has 1 unspecified atom stereocenters. The molecule has 0 aliphatic heterocycles. The topological polar surface area (TPSA) is 84.6 Å². The minimum atomic E-state index is -0.207. The van der Waals surface area contributed by atoms with E-state index in [1.54, 1.807) is 18.2 Å². The third-order valence-corrected chi connectivity index (χ3v) is 2.75. The van der Waals surface area contributed by atoms with Crippen LogP contribution in [0.1, 0.15) is 37.0 Å². The Hall–Kier alpha value is -1.75. The van der Waals surface area contributed by atoms with Gasteiger partial charge in [0.2, 0.25) is 0 Å². The van der Waals surface area contributed by atoms with Crippen molar-refractivity contribution >= 4 is 11.6 Å². The number of hydrogen-bond donors (Lipinski definition) is 3. The molecule has 1 amide bonds. The third kappa shape index (κ3) is 4.44. The van der Waals surface area contributed by atoms with E-state index in [2.05, 4.69) is 5.32 Å². The number of benzene rings is 1. The van der Waals surface area contributed by atoms with Gasteiger partial charge in [-0.1, -0.05) is 6.07 Å². The number of aliphatic hydroxyl groups is 1. The molecule has 0 aliphatic carbocycles. The van der Waals surface area contributed by atoms with E-state index in [0.717, 1.165) is 6.42 Å². The summed E-state index contributed by atoms with van der Waals surface area (Å²) in [5.74, 6) is 0.220. The van der Waals surface area contributed by atoms with E-state index < -0.39 is 0 Å². The molecule has 0 heterocycles. The molecule has 0 radical (unpaired) electrons. The van der Waals surface area contributed by atoms with Gasteiger partial charge < -0.3 is 20.9 Å². The number of nitrogen functional groups attached to an aromatic ring is 1. The summed E-state index contributed by atoms with van der Waals surface area (Å²) < 4.78 is 5.43. The number of hydrogen-bond acceptors (Lipinski definition) is 4. The van der Waals surface area contributed by atoms with Crippen molar-refractivity contribution < 1.29 is 14.6 Å². The van der Waals surface area contributed by atoms with Crippen LogP contribution in [0.4, 0.5) is 5.69 Å². The number of ether oxygens (including phenoxy) is 1. The van der Waals surface area contributed by atoms with Crippen LogP contribution in [-0.4, -0.2) is 30.3 Å². The van der Waals surface area contributed by atoms with E-state index >= 15 is 0 Å². The van der Waals surface area contributed by atoms with Crippen molar-refractivity contribution in [3.8, 4) is 5.75 Å². The van der Waals surface area contributed by atoms with Crippen molar-refractivity contribution in [1.29, 1.82) is 0 Å². The van der Waals surface area contributed by atoms with E-state index in [0.29, 0.717) is 30.0 Å². The summed E-state index contributed by atoms with van der Waals surface area (Å²) in [6.45, 7) is 4.33. The molecule has 0 spiro atoms. The first-order valence-corrected chi connectivity index (χ1v) is 6.53. The molecule has 19 heavy (non-hydrogen) atoms. The van der Waals surface area contributed by atoms with E-state index in [9.17, 15) is 4.79 Å². The first kappa shape index (κ1) is 15.3. The predicted octanol–water partition coefficient (Wildman–Crippen LogP) is 1.56. The van der Waals surface area contributed by atoms with Crippen LogP contribution in [-0.2, 0) is 0 Å². The molecular formula is C14H22N2O3. The Bertz CT molecular complexity index is 421. The minimum absolute atomic E-state index is 0.00411. The SMILES string of the molecule is CCOc1c(N)cccc1C(=O)NC(C)CCCO. The number of nitrogens with one attached hydrogen (secondary N) is 1. The smallest absolute Gasteiger partial charge is 0.255 e. The average Bonchev–Trinajstić information content (AvgIpc) is 2.38. The van der Waals surface area contributed by atoms with Crippen molar-refractivity contribution in [2.45, 2.75) is 32.7 Å². The summed E-state index contributed by atoms with van der Waals surface area (Å²) in [5.41, 5.74) is 6.72. The molecule has 0 bridgehead atoms. The summed E-state index contributed by atoms with van der Waals surface area (Å²) in [6, 6.07) is 5.12. The van der Waals surface area contributed by atoms with Gasteiger partial charge in [0.25, 0.3) is 5.91 Å². The zero-order valence-corrected chi connectivity index (χ0v) is 11.5. The molecular weight excluding hydrogens is 244 g/mol. The second-order valence-corrected chi connectivity index (χ2v) is 4.40. The fourth-order valence-electron chi connectivity index (χ4n) is 1.81. The maximum absolute atomic E-state index is 12.2. The van der Waals surface area contributed by atoms with Crippen LogP contribution in [0.3, 0.4) is 0 Å². The quantitative estimate of drug-likeness (QED) is 0.654. The number of nitrogens with two attached hydrogens (primary N) is 1. The molecule has 0 aliphatic rings. The summed E-state index contributed by atoms with van der Waals surface area (Å²) >= 11 is 0. The molecule has 5 heteroatoms. The lowest BCUT2D eigenvalue weighted by molar-refractivity contribution is 0.0932. The highest BCUT2D eigenvalue weighted by Gasteiger charge is 2.16. The van der Waals surface area contributed by atoms with Crippen LogP contribution in [0.2, 0.25) is 0 Å². The van der Waals surface area contributed by atoms with Gasteiger partial charge >= 0.3 is 0 Å². The minimum Gasteiger partial charge on any atom is -0.491 e. The molecule has 1 aromatic rings. The van der Waals surface area contributed by atoms with Crippen molar-refractivity contribution in [3.63, 3.8) is 0 Å². The normalized spacial score (nSPS) is 11.9. The molecule has 106 valence electrons. The van der Waals surface area contributed by atoms with E-state index in [4.69, 9.17) is 15.6 Å². The molecule has 1 aromatic carbocycles. The lowest BCUT2D eigenvalue weighted by Crippen LogP contribution is -2.33. The summed E-state index contributed by atoms with van der Waals surface area (Å²) in [7, 11) is 0. The first-order valence-electron chi connectivity index (χ1n) is 6.53. The van der Waals surface area contributed by atoms with Crippen LogP contribution >= 0.6 is 0 Å². The second-order valence-electron chi connectivity index (χ2n) is 4.40. The molecule has 0 fully saturated rings. The molecule has 5 nitrogen and oxygen atoms in total. The van der Waals surface area contributed by atoms with E-state index in [-0.39, 0.29) is 18.6 Å². The highest BCUT2D eigenvalue weighted by molar-refractivity contribution is 5.98. The predicted molar refractivity (Wildman–Crippen MR) is 75.3 cm³/mol. The molecule has 4 N–H and O–H groups in total. The number of para-hydroxylation sites is 1. The van der Waals surface area contributed by atoms with Crippen LogP contribution in [0.25, 0.3) is 0 Å². The van der Waals surface area contributed by atoms with Gasteiger partial charge in [0.05, 0.1) is 17.9 Å². The standard InChI is InChI=1S/C14H22N2O3/c1-3-19-13-11(7-4-8-12(13)15)14(18)16-10(2)6-5-9-17/h4,7-8,10,17H,3,5-6,9,15H2,1-2H3,(H,16,18). The Morgan fingerprint density at radius 1 is 1.53 bits per heavy atom. The second kappa shape index (κ2) is 7.63. The number of rotatable bonds is 7. The third-order valence-electron chi connectivity index (χ3n) is 2.75. The Morgan fingerprint density at radius 3 is 2.89 bits per heavy atom. The molecule has 1 rings (SSSR count). The van der Waals surface area contributed by atoms with Gasteiger partial charge in [-0.2, -0.15) is 0 Å². The molecule has 0 saturated heterocycles. The Kier molecular flexibility index (Phi) is 6.15. The van der Waals surface area contributed by atoms with Gasteiger partial charge in [0.1, 0.15) is 0 Å². The van der Waals surface area contributed by atoms with Gasteiger partial charge in [-0.3, -0.25) is 4.79 Å². The molecule has 0 aromatic heterocycles. The van der Waals surface area contributed by atoms with Crippen LogP contribution in [0.15, 0.2) is 18.2 Å². The van der Waals surface area contributed by atoms with Crippen molar-refractivity contribution in [2.75, 3.05) is 18.9 Å². The number of aliphatic hydroxyl groups excluding tert-OH is 1. The lowest BCUT2D eigenvalue weighted by atomic mass is 10.1. The lowest BCUT2D eigenvalue weighted by Gasteiger charge is -2.16.